The van der Waals surface area contributed by atoms with Crippen molar-refractivity contribution >= 4 is 0 Å². The lowest BCUT2D eigenvalue weighted by Gasteiger charge is -2.23. The van der Waals surface area contributed by atoms with Crippen molar-refractivity contribution in [2.45, 2.75) is 44.6 Å². The summed E-state index contributed by atoms with van der Waals surface area (Å²) in [5.41, 5.74) is 3.66. The fourth-order valence-corrected chi connectivity index (χ4v) is 2.66. The molecule has 1 aromatic rings. The standard InChI is InChI=1S/C15H23NO/c1-15(17,8-9-16-2)11-12-6-7-13-4-3-5-14(13)10-12/h6-7,10,16-17H,3-5,8-9,11H2,1-2H3. The van der Waals surface area contributed by atoms with Crippen molar-refractivity contribution in [2.75, 3.05) is 13.6 Å². The Bertz CT molecular complexity index is 385. The van der Waals surface area contributed by atoms with Crippen LogP contribution in [0.2, 0.25) is 0 Å². The SMILES string of the molecule is CNCCC(C)(O)Cc1ccc2c(c1)CCC2. The molecule has 2 nitrogen and oxygen atoms in total. The topological polar surface area (TPSA) is 32.3 Å². The molecule has 0 aromatic heterocycles. The van der Waals surface area contributed by atoms with Gasteiger partial charge in [0.25, 0.3) is 0 Å². The zero-order chi connectivity index (χ0) is 12.3. The summed E-state index contributed by atoms with van der Waals surface area (Å²) >= 11 is 0. The average molecular weight is 233 g/mol. The maximum atomic E-state index is 10.3. The first-order valence-corrected chi connectivity index (χ1v) is 6.58. The molecule has 1 aromatic carbocycles. The minimum Gasteiger partial charge on any atom is -0.390 e. The lowest BCUT2D eigenvalue weighted by Crippen LogP contribution is -2.31. The van der Waals surface area contributed by atoms with Crippen LogP contribution in [0.15, 0.2) is 18.2 Å². The van der Waals surface area contributed by atoms with Crippen molar-refractivity contribution in [2.24, 2.45) is 0 Å². The average Bonchev–Trinajstić information content (AvgIpc) is 2.73. The minimum atomic E-state index is -0.601. The first-order valence-electron chi connectivity index (χ1n) is 6.58. The summed E-state index contributed by atoms with van der Waals surface area (Å²) in [4.78, 5) is 0. The van der Waals surface area contributed by atoms with Crippen LogP contribution in [0.5, 0.6) is 0 Å². The number of benzene rings is 1. The van der Waals surface area contributed by atoms with Crippen molar-refractivity contribution in [3.8, 4) is 0 Å². The van der Waals surface area contributed by atoms with E-state index in [4.69, 9.17) is 0 Å². The zero-order valence-corrected chi connectivity index (χ0v) is 10.9. The second-order valence-electron chi connectivity index (χ2n) is 5.48. The largest absolute Gasteiger partial charge is 0.390 e. The van der Waals surface area contributed by atoms with Gasteiger partial charge in [0.1, 0.15) is 0 Å². The van der Waals surface area contributed by atoms with Gasteiger partial charge in [-0.2, -0.15) is 0 Å². The van der Waals surface area contributed by atoms with E-state index < -0.39 is 5.60 Å². The van der Waals surface area contributed by atoms with Gasteiger partial charge in [-0.15, -0.1) is 0 Å². The number of nitrogens with one attached hydrogen (secondary N) is 1. The van der Waals surface area contributed by atoms with Crippen LogP contribution in [0.25, 0.3) is 0 Å². The molecule has 1 aliphatic rings. The molecule has 0 amide bonds. The number of fused-ring (bicyclic) bond motifs is 1. The molecule has 1 atom stereocenters. The Morgan fingerprint density at radius 3 is 2.82 bits per heavy atom. The summed E-state index contributed by atoms with van der Waals surface area (Å²) in [6.07, 6.45) is 5.27. The van der Waals surface area contributed by atoms with Crippen molar-refractivity contribution < 1.29 is 5.11 Å². The Morgan fingerprint density at radius 1 is 1.29 bits per heavy atom. The van der Waals surface area contributed by atoms with E-state index in [9.17, 15) is 5.11 Å². The number of hydrogen-bond acceptors (Lipinski definition) is 2. The summed E-state index contributed by atoms with van der Waals surface area (Å²) in [5, 5.41) is 13.4. The lowest BCUT2D eigenvalue weighted by atomic mass is 9.92. The first kappa shape index (κ1) is 12.6. The molecule has 0 radical (unpaired) electrons. The normalized spacial score (nSPS) is 17.8. The van der Waals surface area contributed by atoms with Gasteiger partial charge < -0.3 is 10.4 Å². The van der Waals surface area contributed by atoms with Crippen molar-refractivity contribution in [3.05, 3.63) is 34.9 Å². The number of aryl methyl sites for hydroxylation is 2. The van der Waals surface area contributed by atoms with Crippen LogP contribution in [0.4, 0.5) is 0 Å². The molecular weight excluding hydrogens is 210 g/mol. The van der Waals surface area contributed by atoms with Crippen LogP contribution in [0.1, 0.15) is 36.5 Å². The molecule has 1 aliphatic carbocycles. The highest BCUT2D eigenvalue weighted by atomic mass is 16.3. The molecule has 2 heteroatoms. The fourth-order valence-electron chi connectivity index (χ4n) is 2.66. The summed E-state index contributed by atoms with van der Waals surface area (Å²) in [6.45, 7) is 2.79. The molecule has 2 rings (SSSR count). The maximum absolute atomic E-state index is 10.3. The van der Waals surface area contributed by atoms with Crippen LogP contribution >= 0.6 is 0 Å². The van der Waals surface area contributed by atoms with E-state index in [0.29, 0.717) is 0 Å². The molecule has 0 saturated carbocycles. The van der Waals surface area contributed by atoms with Gasteiger partial charge in [0.2, 0.25) is 0 Å². The highest BCUT2D eigenvalue weighted by Crippen LogP contribution is 2.25. The summed E-state index contributed by atoms with van der Waals surface area (Å²) in [6, 6.07) is 6.71. The third-order valence-corrected chi connectivity index (χ3v) is 3.66. The Labute approximate surface area is 104 Å². The molecule has 0 heterocycles. The summed E-state index contributed by atoms with van der Waals surface area (Å²) < 4.78 is 0. The molecular formula is C15H23NO. The van der Waals surface area contributed by atoms with E-state index in [0.717, 1.165) is 19.4 Å². The van der Waals surface area contributed by atoms with Gasteiger partial charge in [-0.3, -0.25) is 0 Å². The van der Waals surface area contributed by atoms with Gasteiger partial charge >= 0.3 is 0 Å². The van der Waals surface area contributed by atoms with Gasteiger partial charge in [0.15, 0.2) is 0 Å². The van der Waals surface area contributed by atoms with E-state index in [1.807, 2.05) is 14.0 Å². The molecule has 94 valence electrons. The first-order chi connectivity index (χ1) is 8.11. The Hall–Kier alpha value is -0.860. The van der Waals surface area contributed by atoms with E-state index >= 15 is 0 Å². The number of aliphatic hydroxyl groups is 1. The van der Waals surface area contributed by atoms with Crippen LogP contribution in [-0.4, -0.2) is 24.3 Å². The van der Waals surface area contributed by atoms with Gasteiger partial charge in [-0.05, 0) is 62.9 Å². The summed E-state index contributed by atoms with van der Waals surface area (Å²) in [7, 11) is 1.92. The van der Waals surface area contributed by atoms with Crippen LogP contribution in [0, 0.1) is 0 Å². The number of rotatable bonds is 5. The third kappa shape index (κ3) is 3.30. The maximum Gasteiger partial charge on any atom is 0.0672 e. The third-order valence-electron chi connectivity index (χ3n) is 3.66. The monoisotopic (exact) mass is 233 g/mol. The van der Waals surface area contributed by atoms with E-state index in [-0.39, 0.29) is 0 Å². The van der Waals surface area contributed by atoms with Gasteiger partial charge in [-0.25, -0.2) is 0 Å². The number of hydrogen-bond donors (Lipinski definition) is 2. The van der Waals surface area contributed by atoms with Crippen LogP contribution in [0.3, 0.4) is 0 Å². The second kappa shape index (κ2) is 5.19. The summed E-state index contributed by atoms with van der Waals surface area (Å²) in [5.74, 6) is 0. The minimum absolute atomic E-state index is 0.601. The molecule has 0 spiro atoms. The molecule has 17 heavy (non-hydrogen) atoms. The highest BCUT2D eigenvalue weighted by Gasteiger charge is 2.21. The Balaban J connectivity index is 2.03. The lowest BCUT2D eigenvalue weighted by molar-refractivity contribution is 0.0520. The smallest absolute Gasteiger partial charge is 0.0672 e. The predicted octanol–water partition coefficient (Wildman–Crippen LogP) is 2.08. The zero-order valence-electron chi connectivity index (χ0n) is 10.9. The van der Waals surface area contributed by atoms with Crippen LogP contribution in [-0.2, 0) is 19.3 Å². The van der Waals surface area contributed by atoms with Crippen LogP contribution < -0.4 is 5.32 Å². The molecule has 1 unspecified atom stereocenters. The van der Waals surface area contributed by atoms with Crippen molar-refractivity contribution in [1.82, 2.24) is 5.32 Å². The van der Waals surface area contributed by atoms with E-state index in [2.05, 4.69) is 23.5 Å². The molecule has 0 bridgehead atoms. The van der Waals surface area contributed by atoms with Crippen molar-refractivity contribution in [3.63, 3.8) is 0 Å². The predicted molar refractivity (Wildman–Crippen MR) is 71.3 cm³/mol. The highest BCUT2D eigenvalue weighted by molar-refractivity contribution is 5.35. The van der Waals surface area contributed by atoms with Gasteiger partial charge in [-0.1, -0.05) is 18.2 Å². The fraction of sp³-hybridized carbons (Fsp3) is 0.600. The van der Waals surface area contributed by atoms with Gasteiger partial charge in [0, 0.05) is 6.42 Å². The van der Waals surface area contributed by atoms with Gasteiger partial charge in [0.05, 0.1) is 5.60 Å². The Kier molecular flexibility index (Phi) is 3.85. The molecule has 2 N–H and O–H groups in total. The molecule has 0 saturated heterocycles. The second-order valence-corrected chi connectivity index (χ2v) is 5.48. The molecule has 0 aliphatic heterocycles. The Morgan fingerprint density at radius 2 is 2.06 bits per heavy atom. The van der Waals surface area contributed by atoms with E-state index in [1.54, 1.807) is 0 Å². The van der Waals surface area contributed by atoms with Crippen molar-refractivity contribution in [1.29, 1.82) is 0 Å². The van der Waals surface area contributed by atoms with E-state index in [1.165, 1.54) is 36.0 Å². The molecule has 0 fully saturated rings. The quantitative estimate of drug-likeness (QED) is 0.816.